The fraction of sp³-hybridized carbons (Fsp3) is 0. The molecule has 2 aromatic carbocycles. The zero-order chi connectivity index (χ0) is 13.2. The number of aromatic nitrogens is 2. The molecule has 0 unspecified atom stereocenters. The summed E-state index contributed by atoms with van der Waals surface area (Å²) in [4.78, 5) is 8.40. The first-order chi connectivity index (χ1) is 9.22. The van der Waals surface area contributed by atoms with Gasteiger partial charge in [-0.05, 0) is 34.5 Å². The summed E-state index contributed by atoms with van der Waals surface area (Å²) in [7, 11) is 0. The van der Waals surface area contributed by atoms with Crippen LogP contribution in [0, 0.1) is 5.82 Å². The molecule has 0 N–H and O–H groups in total. The second-order valence-electron chi connectivity index (χ2n) is 3.90. The van der Waals surface area contributed by atoms with Crippen LogP contribution in [-0.4, -0.2) is 9.97 Å². The summed E-state index contributed by atoms with van der Waals surface area (Å²) in [6.45, 7) is 0. The van der Waals surface area contributed by atoms with Gasteiger partial charge in [-0.1, -0.05) is 42.1 Å². The Bertz CT molecular complexity index is 748. The molecule has 0 fully saturated rings. The van der Waals surface area contributed by atoms with E-state index < -0.39 is 5.82 Å². The van der Waals surface area contributed by atoms with Crippen molar-refractivity contribution < 1.29 is 4.39 Å². The largest absolute Gasteiger partial charge is 0.223 e. The molecule has 0 amide bonds. The average Bonchev–Trinajstić information content (AvgIpc) is 2.43. The van der Waals surface area contributed by atoms with Crippen molar-refractivity contribution in [1.29, 1.82) is 0 Å². The minimum absolute atomic E-state index is 0.0460. The Kier molecular flexibility index (Phi) is 3.36. The van der Waals surface area contributed by atoms with E-state index in [4.69, 9.17) is 11.6 Å². The third-order valence-corrected chi connectivity index (χ3v) is 3.77. The number of rotatable bonds is 2. The van der Waals surface area contributed by atoms with Gasteiger partial charge in [0.1, 0.15) is 5.03 Å². The van der Waals surface area contributed by atoms with Crippen LogP contribution in [0.15, 0.2) is 58.6 Å². The molecule has 19 heavy (non-hydrogen) atoms. The van der Waals surface area contributed by atoms with Crippen molar-refractivity contribution in [3.8, 4) is 0 Å². The zero-order valence-electron chi connectivity index (χ0n) is 9.68. The normalized spacial score (nSPS) is 10.8. The van der Waals surface area contributed by atoms with Gasteiger partial charge in [0.25, 0.3) is 0 Å². The molecule has 3 aromatic rings. The zero-order valence-corrected chi connectivity index (χ0v) is 11.2. The average molecular weight is 291 g/mol. The van der Waals surface area contributed by atoms with Crippen LogP contribution in [0.2, 0.25) is 5.28 Å². The Hall–Kier alpha value is -1.65. The summed E-state index contributed by atoms with van der Waals surface area (Å²) in [6, 6.07) is 13.9. The van der Waals surface area contributed by atoms with Crippen molar-refractivity contribution in [3.05, 3.63) is 59.8 Å². The van der Waals surface area contributed by atoms with Gasteiger partial charge in [0.05, 0.1) is 6.20 Å². The number of hydrogen-bond acceptors (Lipinski definition) is 3. The van der Waals surface area contributed by atoms with E-state index in [-0.39, 0.29) is 10.3 Å². The molecule has 3 rings (SSSR count). The van der Waals surface area contributed by atoms with Gasteiger partial charge in [0, 0.05) is 4.90 Å². The van der Waals surface area contributed by atoms with Crippen LogP contribution in [0.25, 0.3) is 10.8 Å². The van der Waals surface area contributed by atoms with Crippen LogP contribution in [0.3, 0.4) is 0 Å². The Morgan fingerprint density at radius 1 is 1.05 bits per heavy atom. The van der Waals surface area contributed by atoms with Gasteiger partial charge in [-0.3, -0.25) is 0 Å². The molecule has 5 heteroatoms. The molecule has 94 valence electrons. The number of fused-ring (bicyclic) bond motifs is 1. The molecule has 0 atom stereocenters. The Balaban J connectivity index is 1.98. The molecule has 1 heterocycles. The second-order valence-corrected chi connectivity index (χ2v) is 5.30. The maximum Gasteiger partial charge on any atom is 0.223 e. The van der Waals surface area contributed by atoms with E-state index in [2.05, 4.69) is 9.97 Å². The van der Waals surface area contributed by atoms with Crippen molar-refractivity contribution in [1.82, 2.24) is 9.97 Å². The first-order valence-corrected chi connectivity index (χ1v) is 6.76. The summed E-state index contributed by atoms with van der Waals surface area (Å²) in [5.41, 5.74) is 0. The monoisotopic (exact) mass is 290 g/mol. The molecular weight excluding hydrogens is 283 g/mol. The third kappa shape index (κ3) is 2.69. The van der Waals surface area contributed by atoms with Crippen LogP contribution in [0.4, 0.5) is 4.39 Å². The summed E-state index contributed by atoms with van der Waals surface area (Å²) >= 11 is 6.91. The number of benzene rings is 2. The number of halogens is 2. The predicted octanol–water partition coefficient (Wildman–Crippen LogP) is 4.57. The van der Waals surface area contributed by atoms with Gasteiger partial charge in [-0.2, -0.15) is 0 Å². The van der Waals surface area contributed by atoms with Crippen LogP contribution in [0.1, 0.15) is 0 Å². The van der Waals surface area contributed by atoms with Gasteiger partial charge < -0.3 is 0 Å². The van der Waals surface area contributed by atoms with E-state index >= 15 is 0 Å². The van der Waals surface area contributed by atoms with Crippen molar-refractivity contribution >= 4 is 34.1 Å². The fourth-order valence-electron chi connectivity index (χ4n) is 1.75. The summed E-state index contributed by atoms with van der Waals surface area (Å²) in [5, 5.41) is 2.53. The van der Waals surface area contributed by atoms with Gasteiger partial charge in [0.2, 0.25) is 5.28 Å². The lowest BCUT2D eigenvalue weighted by Gasteiger charge is -2.04. The third-order valence-electron chi connectivity index (χ3n) is 2.62. The lowest BCUT2D eigenvalue weighted by atomic mass is 10.1. The number of hydrogen-bond donors (Lipinski definition) is 0. The second kappa shape index (κ2) is 5.15. The van der Waals surface area contributed by atoms with Gasteiger partial charge in [-0.25, -0.2) is 14.4 Å². The summed E-state index contributed by atoms with van der Waals surface area (Å²) in [6.07, 6.45) is 1.08. The van der Waals surface area contributed by atoms with Crippen molar-refractivity contribution in [2.75, 3.05) is 0 Å². The maximum absolute atomic E-state index is 13.6. The minimum atomic E-state index is -0.470. The highest BCUT2D eigenvalue weighted by molar-refractivity contribution is 7.99. The SMILES string of the molecule is Fc1cnc(Cl)nc1Sc1ccc2ccccc2c1. The molecule has 0 aliphatic rings. The molecule has 0 bridgehead atoms. The molecular formula is C14H8ClFN2S. The standard InChI is InChI=1S/C14H8ClFN2S/c15-14-17-8-12(16)13(18-14)19-11-6-5-9-3-1-2-4-10(9)7-11/h1-8H. The predicted molar refractivity (Wildman–Crippen MR) is 75.1 cm³/mol. The quantitative estimate of drug-likeness (QED) is 0.510. The number of nitrogens with zero attached hydrogens (tertiary/aromatic N) is 2. The molecule has 0 aliphatic heterocycles. The van der Waals surface area contributed by atoms with Crippen LogP contribution < -0.4 is 0 Å². The summed E-state index contributed by atoms with van der Waals surface area (Å²) in [5.74, 6) is -0.470. The molecule has 0 radical (unpaired) electrons. The lowest BCUT2D eigenvalue weighted by Crippen LogP contribution is -1.90. The van der Waals surface area contributed by atoms with E-state index in [0.717, 1.165) is 21.9 Å². The van der Waals surface area contributed by atoms with E-state index in [0.29, 0.717) is 0 Å². The van der Waals surface area contributed by atoms with E-state index in [9.17, 15) is 4.39 Å². The van der Waals surface area contributed by atoms with Gasteiger partial charge >= 0.3 is 0 Å². The Labute approximate surface area is 118 Å². The molecule has 1 aromatic heterocycles. The van der Waals surface area contributed by atoms with E-state index in [1.54, 1.807) is 0 Å². The van der Waals surface area contributed by atoms with Crippen molar-refractivity contribution in [3.63, 3.8) is 0 Å². The Morgan fingerprint density at radius 3 is 2.68 bits per heavy atom. The van der Waals surface area contributed by atoms with Crippen LogP contribution in [0.5, 0.6) is 0 Å². The summed E-state index contributed by atoms with van der Waals surface area (Å²) < 4.78 is 13.6. The highest BCUT2D eigenvalue weighted by atomic mass is 35.5. The Morgan fingerprint density at radius 2 is 1.84 bits per heavy atom. The van der Waals surface area contributed by atoms with Crippen molar-refractivity contribution in [2.24, 2.45) is 0 Å². The van der Waals surface area contributed by atoms with Gasteiger partial charge in [0.15, 0.2) is 5.82 Å². The highest BCUT2D eigenvalue weighted by Crippen LogP contribution is 2.30. The van der Waals surface area contributed by atoms with Gasteiger partial charge in [-0.15, -0.1) is 0 Å². The topological polar surface area (TPSA) is 25.8 Å². The molecule has 2 nitrogen and oxygen atoms in total. The molecule has 0 spiro atoms. The van der Waals surface area contributed by atoms with E-state index in [1.807, 2.05) is 42.5 Å². The maximum atomic E-state index is 13.6. The highest BCUT2D eigenvalue weighted by Gasteiger charge is 2.08. The van der Waals surface area contributed by atoms with Crippen molar-refractivity contribution in [2.45, 2.75) is 9.92 Å². The molecule has 0 saturated carbocycles. The first-order valence-electron chi connectivity index (χ1n) is 5.57. The minimum Gasteiger partial charge on any atom is -0.223 e. The lowest BCUT2D eigenvalue weighted by molar-refractivity contribution is 0.579. The fourth-order valence-corrected chi connectivity index (χ4v) is 2.76. The first kappa shape index (κ1) is 12.4. The molecule has 0 aliphatic carbocycles. The van der Waals surface area contributed by atoms with Crippen LogP contribution in [-0.2, 0) is 0 Å². The van der Waals surface area contributed by atoms with E-state index in [1.165, 1.54) is 11.8 Å². The smallest absolute Gasteiger partial charge is 0.223 e. The molecule has 0 saturated heterocycles. The van der Waals surface area contributed by atoms with Crippen LogP contribution >= 0.6 is 23.4 Å².